The molecule has 0 radical (unpaired) electrons. The van der Waals surface area contributed by atoms with Crippen molar-refractivity contribution in [2.75, 3.05) is 5.32 Å². The van der Waals surface area contributed by atoms with Crippen LogP contribution in [0.2, 0.25) is 0 Å². The van der Waals surface area contributed by atoms with Crippen LogP contribution in [0.3, 0.4) is 0 Å². The van der Waals surface area contributed by atoms with Crippen LogP contribution in [-0.4, -0.2) is 25.2 Å². The second kappa shape index (κ2) is 5.38. The summed E-state index contributed by atoms with van der Waals surface area (Å²) in [7, 11) is 0. The molecule has 3 aromatic rings. The van der Waals surface area contributed by atoms with Crippen molar-refractivity contribution >= 4 is 17.0 Å². The van der Waals surface area contributed by atoms with Crippen LogP contribution in [0.1, 0.15) is 23.5 Å². The number of hydrogen-bond donors (Lipinski definition) is 1. The molecule has 0 aliphatic rings. The Labute approximate surface area is 120 Å². The first kappa shape index (κ1) is 12.7. The Morgan fingerprint density at radius 2 is 2.05 bits per heavy atom. The van der Waals surface area contributed by atoms with Crippen molar-refractivity contribution in [3.63, 3.8) is 0 Å². The molecule has 1 unspecified atom stereocenters. The summed E-state index contributed by atoms with van der Waals surface area (Å²) in [5, 5.41) is 14.6. The van der Waals surface area contributed by atoms with Crippen molar-refractivity contribution in [1.29, 1.82) is 0 Å². The molecule has 0 fully saturated rings. The standard InChI is InChI=1S/C13H14N6S/c1-9-13(20-8-14-9)10(2)16-11-3-5-12(6-4-11)19-7-15-17-18-19/h3-8,10,16H,1-2H3. The van der Waals surface area contributed by atoms with Crippen molar-refractivity contribution in [3.8, 4) is 5.69 Å². The second-order valence-corrected chi connectivity index (χ2v) is 5.36. The van der Waals surface area contributed by atoms with Gasteiger partial charge in [0.05, 0.1) is 22.9 Å². The summed E-state index contributed by atoms with van der Waals surface area (Å²) in [4.78, 5) is 5.54. The molecule has 0 spiro atoms. The Morgan fingerprint density at radius 1 is 1.25 bits per heavy atom. The van der Waals surface area contributed by atoms with Gasteiger partial charge in [0.15, 0.2) is 0 Å². The lowest BCUT2D eigenvalue weighted by Gasteiger charge is -2.14. The van der Waals surface area contributed by atoms with E-state index in [1.54, 1.807) is 22.3 Å². The fraction of sp³-hybridized carbons (Fsp3) is 0.231. The summed E-state index contributed by atoms with van der Waals surface area (Å²) in [6.07, 6.45) is 1.58. The minimum atomic E-state index is 0.237. The molecular weight excluding hydrogens is 272 g/mol. The lowest BCUT2D eigenvalue weighted by atomic mass is 10.2. The molecule has 0 saturated carbocycles. The van der Waals surface area contributed by atoms with E-state index in [1.165, 1.54) is 4.88 Å². The minimum Gasteiger partial charge on any atom is -0.378 e. The summed E-state index contributed by atoms with van der Waals surface area (Å²) < 4.78 is 1.63. The zero-order valence-electron chi connectivity index (χ0n) is 11.2. The van der Waals surface area contributed by atoms with Crippen molar-refractivity contribution in [3.05, 3.63) is 46.7 Å². The molecule has 6 nitrogen and oxygen atoms in total. The molecular formula is C13H14N6S. The quantitative estimate of drug-likeness (QED) is 0.798. The highest BCUT2D eigenvalue weighted by Crippen LogP contribution is 2.25. The number of thiazole rings is 1. The average Bonchev–Trinajstić information content (AvgIpc) is 3.10. The second-order valence-electron chi connectivity index (χ2n) is 4.47. The van der Waals surface area contributed by atoms with Gasteiger partial charge in [0, 0.05) is 10.6 Å². The van der Waals surface area contributed by atoms with E-state index < -0.39 is 0 Å². The van der Waals surface area contributed by atoms with Crippen molar-refractivity contribution < 1.29 is 0 Å². The monoisotopic (exact) mass is 286 g/mol. The first-order valence-electron chi connectivity index (χ1n) is 6.24. The number of benzene rings is 1. The zero-order valence-corrected chi connectivity index (χ0v) is 12.0. The van der Waals surface area contributed by atoms with E-state index in [2.05, 4.69) is 32.7 Å². The van der Waals surface area contributed by atoms with Gasteiger partial charge in [-0.15, -0.1) is 16.4 Å². The molecule has 1 atom stereocenters. The summed E-state index contributed by atoms with van der Waals surface area (Å²) >= 11 is 1.67. The van der Waals surface area contributed by atoms with Crippen LogP contribution in [-0.2, 0) is 0 Å². The van der Waals surface area contributed by atoms with Gasteiger partial charge in [-0.1, -0.05) is 0 Å². The topological polar surface area (TPSA) is 68.5 Å². The molecule has 0 aliphatic heterocycles. The van der Waals surface area contributed by atoms with Gasteiger partial charge in [-0.3, -0.25) is 0 Å². The fourth-order valence-electron chi connectivity index (χ4n) is 2.03. The largest absolute Gasteiger partial charge is 0.378 e. The van der Waals surface area contributed by atoms with Gasteiger partial charge in [0.2, 0.25) is 0 Å². The van der Waals surface area contributed by atoms with Gasteiger partial charge in [-0.05, 0) is 48.5 Å². The van der Waals surface area contributed by atoms with Crippen LogP contribution in [0, 0.1) is 6.92 Å². The molecule has 2 heterocycles. The summed E-state index contributed by atoms with van der Waals surface area (Å²) in [5.74, 6) is 0. The predicted octanol–water partition coefficient (Wildman–Crippen LogP) is 2.60. The molecule has 0 amide bonds. The van der Waals surface area contributed by atoms with E-state index in [9.17, 15) is 0 Å². The highest BCUT2D eigenvalue weighted by molar-refractivity contribution is 7.09. The molecule has 0 bridgehead atoms. The fourth-order valence-corrected chi connectivity index (χ4v) is 2.84. The Morgan fingerprint density at radius 3 is 2.65 bits per heavy atom. The molecule has 1 aromatic carbocycles. The maximum absolute atomic E-state index is 4.28. The van der Waals surface area contributed by atoms with E-state index in [4.69, 9.17) is 0 Å². The normalized spacial score (nSPS) is 12.3. The molecule has 20 heavy (non-hydrogen) atoms. The number of aryl methyl sites for hydroxylation is 1. The minimum absolute atomic E-state index is 0.237. The number of nitrogens with zero attached hydrogens (tertiary/aromatic N) is 5. The van der Waals surface area contributed by atoms with E-state index >= 15 is 0 Å². The number of hydrogen-bond acceptors (Lipinski definition) is 6. The highest BCUT2D eigenvalue weighted by atomic mass is 32.1. The molecule has 7 heteroatoms. The van der Waals surface area contributed by atoms with Crippen molar-refractivity contribution in [1.82, 2.24) is 25.2 Å². The maximum atomic E-state index is 4.28. The first-order chi connectivity index (χ1) is 9.74. The first-order valence-corrected chi connectivity index (χ1v) is 7.12. The third-order valence-electron chi connectivity index (χ3n) is 3.04. The van der Waals surface area contributed by atoms with E-state index in [0.29, 0.717) is 0 Å². The number of rotatable bonds is 4. The number of anilines is 1. The molecule has 102 valence electrons. The number of aromatic nitrogens is 5. The van der Waals surface area contributed by atoms with E-state index in [-0.39, 0.29) is 6.04 Å². The Bertz CT molecular complexity index is 673. The Kier molecular flexibility index (Phi) is 3.42. The van der Waals surface area contributed by atoms with Crippen LogP contribution < -0.4 is 5.32 Å². The van der Waals surface area contributed by atoms with Gasteiger partial charge in [-0.2, -0.15) is 0 Å². The molecule has 1 N–H and O–H groups in total. The van der Waals surface area contributed by atoms with E-state index in [1.807, 2.05) is 36.7 Å². The average molecular weight is 286 g/mol. The smallest absolute Gasteiger partial charge is 0.143 e. The van der Waals surface area contributed by atoms with Crippen LogP contribution in [0.25, 0.3) is 5.69 Å². The van der Waals surface area contributed by atoms with Gasteiger partial charge in [0.25, 0.3) is 0 Å². The zero-order chi connectivity index (χ0) is 13.9. The lowest BCUT2D eigenvalue weighted by molar-refractivity contribution is 0.789. The summed E-state index contributed by atoms with van der Waals surface area (Å²) in [6.45, 7) is 4.17. The van der Waals surface area contributed by atoms with Crippen molar-refractivity contribution in [2.45, 2.75) is 19.9 Å². The molecule has 3 rings (SSSR count). The van der Waals surface area contributed by atoms with Crippen LogP contribution in [0.5, 0.6) is 0 Å². The summed E-state index contributed by atoms with van der Waals surface area (Å²) in [6, 6.07) is 8.23. The third-order valence-corrected chi connectivity index (χ3v) is 4.15. The Hall–Kier alpha value is -2.28. The van der Waals surface area contributed by atoms with E-state index in [0.717, 1.165) is 17.1 Å². The Balaban J connectivity index is 1.74. The van der Waals surface area contributed by atoms with Crippen molar-refractivity contribution in [2.24, 2.45) is 0 Å². The maximum Gasteiger partial charge on any atom is 0.143 e. The third kappa shape index (κ3) is 2.53. The highest BCUT2D eigenvalue weighted by Gasteiger charge is 2.10. The van der Waals surface area contributed by atoms with Gasteiger partial charge >= 0.3 is 0 Å². The van der Waals surface area contributed by atoms with Crippen LogP contribution >= 0.6 is 11.3 Å². The summed E-state index contributed by atoms with van der Waals surface area (Å²) in [5.41, 5.74) is 4.95. The molecule has 0 saturated heterocycles. The lowest BCUT2D eigenvalue weighted by Crippen LogP contribution is -2.06. The number of nitrogens with one attached hydrogen (secondary N) is 1. The molecule has 2 aromatic heterocycles. The van der Waals surface area contributed by atoms with Gasteiger partial charge in [0.1, 0.15) is 6.33 Å². The number of tetrazole rings is 1. The van der Waals surface area contributed by atoms with Gasteiger partial charge < -0.3 is 5.32 Å². The predicted molar refractivity (Wildman–Crippen MR) is 78.0 cm³/mol. The SMILES string of the molecule is Cc1ncsc1C(C)Nc1ccc(-n2cnnn2)cc1. The van der Waals surface area contributed by atoms with Crippen LogP contribution in [0.15, 0.2) is 36.1 Å². The molecule has 0 aliphatic carbocycles. The van der Waals surface area contributed by atoms with Gasteiger partial charge in [-0.25, -0.2) is 9.67 Å². The van der Waals surface area contributed by atoms with Crippen LogP contribution in [0.4, 0.5) is 5.69 Å².